The maximum Gasteiger partial charge on any atom is 0.0424 e. The number of hydrogen-bond acceptors (Lipinski definition) is 4. The average Bonchev–Trinajstić information content (AvgIpc) is 2.66. The summed E-state index contributed by atoms with van der Waals surface area (Å²) in [5.41, 5.74) is 4.77. The molecule has 0 amide bonds. The first-order valence-corrected chi connectivity index (χ1v) is 8.23. The summed E-state index contributed by atoms with van der Waals surface area (Å²) in [6, 6.07) is 25.8. The van der Waals surface area contributed by atoms with E-state index in [0.717, 1.165) is 11.4 Å². The minimum atomic E-state index is 0. The van der Waals surface area contributed by atoms with Crippen LogP contribution in [0.15, 0.2) is 72.8 Å². The van der Waals surface area contributed by atoms with E-state index in [1.807, 2.05) is 14.1 Å². The molecule has 4 rings (SSSR count). The quantitative estimate of drug-likeness (QED) is 0.362. The summed E-state index contributed by atoms with van der Waals surface area (Å²) < 4.78 is 0. The molecular weight excluding hydrogens is 320 g/mol. The molecule has 4 aromatic carbocycles. The van der Waals surface area contributed by atoms with Gasteiger partial charge in [0.15, 0.2) is 0 Å². The summed E-state index contributed by atoms with van der Waals surface area (Å²) in [6.07, 6.45) is 0. The lowest BCUT2D eigenvalue weighted by Crippen LogP contribution is -1.98. The van der Waals surface area contributed by atoms with Gasteiger partial charge in [-0.2, -0.15) is 0 Å². The van der Waals surface area contributed by atoms with E-state index in [4.69, 9.17) is 0 Å². The fraction of sp³-hybridized carbons (Fsp3) is 0.0909. The third-order valence-corrected chi connectivity index (χ3v) is 4.65. The number of hydrogen-bond donors (Lipinski definition) is 4. The largest absolute Gasteiger partial charge is 0.388 e. The van der Waals surface area contributed by atoms with Crippen LogP contribution in [0.1, 0.15) is 0 Å². The Labute approximate surface area is 154 Å². The van der Waals surface area contributed by atoms with Crippen LogP contribution in [0.25, 0.3) is 32.7 Å². The molecule has 0 heterocycles. The molecule has 0 radical (unpaired) electrons. The molecule has 0 atom stereocenters. The van der Waals surface area contributed by atoms with E-state index in [-0.39, 0.29) is 12.3 Å². The minimum absolute atomic E-state index is 0. The summed E-state index contributed by atoms with van der Waals surface area (Å²) in [4.78, 5) is 0. The number of fused-ring (bicyclic) bond motifs is 2. The molecule has 4 nitrogen and oxygen atoms in total. The molecule has 8 N–H and O–H groups in total. The van der Waals surface area contributed by atoms with Crippen molar-refractivity contribution in [1.82, 2.24) is 12.3 Å². The van der Waals surface area contributed by atoms with Crippen molar-refractivity contribution >= 4 is 32.9 Å². The molecule has 0 saturated carbocycles. The van der Waals surface area contributed by atoms with Gasteiger partial charge in [0, 0.05) is 36.6 Å². The van der Waals surface area contributed by atoms with Gasteiger partial charge in [0.05, 0.1) is 0 Å². The van der Waals surface area contributed by atoms with Crippen LogP contribution >= 0.6 is 0 Å². The predicted molar refractivity (Wildman–Crippen MR) is 116 cm³/mol. The Morgan fingerprint density at radius 2 is 0.885 bits per heavy atom. The molecule has 0 bridgehead atoms. The molecule has 4 aromatic rings. The van der Waals surface area contributed by atoms with Crippen molar-refractivity contribution in [3.05, 3.63) is 72.8 Å². The third-order valence-electron chi connectivity index (χ3n) is 4.65. The van der Waals surface area contributed by atoms with E-state index in [2.05, 4.69) is 83.4 Å². The third kappa shape index (κ3) is 2.96. The van der Waals surface area contributed by atoms with E-state index in [1.54, 1.807) is 0 Å². The number of anilines is 2. The molecule has 0 aliphatic heterocycles. The Hall–Kier alpha value is -3.08. The number of nitrogens with one attached hydrogen (secondary N) is 2. The Morgan fingerprint density at radius 3 is 1.27 bits per heavy atom. The van der Waals surface area contributed by atoms with Crippen molar-refractivity contribution in [3.8, 4) is 11.1 Å². The van der Waals surface area contributed by atoms with Gasteiger partial charge < -0.3 is 22.9 Å². The second kappa shape index (κ2) is 7.87. The van der Waals surface area contributed by atoms with Crippen molar-refractivity contribution in [2.75, 3.05) is 24.7 Å². The highest BCUT2D eigenvalue weighted by atomic mass is 14.8. The van der Waals surface area contributed by atoms with Crippen molar-refractivity contribution in [1.29, 1.82) is 0 Å². The van der Waals surface area contributed by atoms with Crippen LogP contribution < -0.4 is 22.9 Å². The van der Waals surface area contributed by atoms with Gasteiger partial charge in [-0.1, -0.05) is 60.7 Å². The van der Waals surface area contributed by atoms with Gasteiger partial charge in [-0.25, -0.2) is 0 Å². The molecule has 134 valence electrons. The first kappa shape index (κ1) is 19.2. The van der Waals surface area contributed by atoms with E-state index in [1.165, 1.54) is 32.7 Å². The van der Waals surface area contributed by atoms with Crippen LogP contribution in [0, 0.1) is 0 Å². The molecule has 0 fully saturated rings. The second-order valence-corrected chi connectivity index (χ2v) is 5.92. The Balaban J connectivity index is 0.00000121. The van der Waals surface area contributed by atoms with Crippen LogP contribution in [-0.4, -0.2) is 14.1 Å². The van der Waals surface area contributed by atoms with Crippen molar-refractivity contribution in [2.24, 2.45) is 0 Å². The zero-order valence-electron chi connectivity index (χ0n) is 15.3. The minimum Gasteiger partial charge on any atom is -0.388 e. The molecular formula is C22H26N4. The molecule has 0 saturated heterocycles. The predicted octanol–water partition coefficient (Wildman–Crippen LogP) is 6.07. The first-order valence-electron chi connectivity index (χ1n) is 8.23. The van der Waals surface area contributed by atoms with Crippen LogP contribution in [0.3, 0.4) is 0 Å². The average molecular weight is 346 g/mol. The van der Waals surface area contributed by atoms with E-state index in [0.29, 0.717) is 0 Å². The Bertz CT molecular complexity index is 955. The van der Waals surface area contributed by atoms with Crippen LogP contribution in [-0.2, 0) is 0 Å². The van der Waals surface area contributed by atoms with Crippen molar-refractivity contribution < 1.29 is 0 Å². The maximum absolute atomic E-state index is 3.37. The SMILES string of the molecule is CNc1ccc2ccccc2c1-c1c(NC)ccc2ccccc12.N.N. The zero-order chi connectivity index (χ0) is 16.5. The van der Waals surface area contributed by atoms with Crippen molar-refractivity contribution in [3.63, 3.8) is 0 Å². The lowest BCUT2D eigenvalue weighted by atomic mass is 9.91. The molecule has 0 unspecified atom stereocenters. The van der Waals surface area contributed by atoms with Crippen molar-refractivity contribution in [2.45, 2.75) is 0 Å². The monoisotopic (exact) mass is 346 g/mol. The molecule has 4 heteroatoms. The highest BCUT2D eigenvalue weighted by Gasteiger charge is 2.15. The van der Waals surface area contributed by atoms with Gasteiger partial charge in [0.25, 0.3) is 0 Å². The summed E-state index contributed by atoms with van der Waals surface area (Å²) in [5, 5.41) is 11.8. The summed E-state index contributed by atoms with van der Waals surface area (Å²) in [5.74, 6) is 0. The van der Waals surface area contributed by atoms with E-state index >= 15 is 0 Å². The summed E-state index contributed by atoms with van der Waals surface area (Å²) >= 11 is 0. The molecule has 26 heavy (non-hydrogen) atoms. The van der Waals surface area contributed by atoms with Crippen LogP contribution in [0.4, 0.5) is 11.4 Å². The van der Waals surface area contributed by atoms with Gasteiger partial charge >= 0.3 is 0 Å². The van der Waals surface area contributed by atoms with Gasteiger partial charge in [0.1, 0.15) is 0 Å². The fourth-order valence-corrected chi connectivity index (χ4v) is 3.50. The standard InChI is InChI=1S/C22H20N2.2H3N/c1-23-19-13-11-15-7-3-5-9-17(15)21(19)22-18-10-6-4-8-16(18)12-14-20(22)24-2;;/h3-14,23-24H,1-2H3;2*1H3. The smallest absolute Gasteiger partial charge is 0.0424 e. The highest BCUT2D eigenvalue weighted by Crippen LogP contribution is 2.43. The molecule has 0 aliphatic carbocycles. The number of benzene rings is 4. The summed E-state index contributed by atoms with van der Waals surface area (Å²) in [6.45, 7) is 0. The van der Waals surface area contributed by atoms with E-state index < -0.39 is 0 Å². The van der Waals surface area contributed by atoms with Crippen LogP contribution in [0.5, 0.6) is 0 Å². The fourth-order valence-electron chi connectivity index (χ4n) is 3.50. The van der Waals surface area contributed by atoms with Gasteiger partial charge in [-0.3, -0.25) is 0 Å². The second-order valence-electron chi connectivity index (χ2n) is 5.92. The van der Waals surface area contributed by atoms with Gasteiger partial charge in [0.2, 0.25) is 0 Å². The molecule has 0 aromatic heterocycles. The Morgan fingerprint density at radius 1 is 0.500 bits per heavy atom. The van der Waals surface area contributed by atoms with Gasteiger partial charge in [-0.15, -0.1) is 0 Å². The van der Waals surface area contributed by atoms with E-state index in [9.17, 15) is 0 Å². The highest BCUT2D eigenvalue weighted by molar-refractivity contribution is 6.13. The topological polar surface area (TPSA) is 94.1 Å². The lowest BCUT2D eigenvalue weighted by molar-refractivity contribution is 1.50. The van der Waals surface area contributed by atoms with Gasteiger partial charge in [-0.05, 0) is 33.7 Å². The lowest BCUT2D eigenvalue weighted by Gasteiger charge is -2.18. The van der Waals surface area contributed by atoms with Crippen LogP contribution in [0.2, 0.25) is 0 Å². The number of rotatable bonds is 3. The first-order chi connectivity index (χ1) is 11.8. The Kier molecular flexibility index (Phi) is 5.82. The summed E-state index contributed by atoms with van der Waals surface area (Å²) in [7, 11) is 3.97. The zero-order valence-corrected chi connectivity index (χ0v) is 15.3. The molecule has 0 spiro atoms. The molecule has 0 aliphatic rings. The maximum atomic E-state index is 3.37. The normalized spacial score (nSPS) is 10.1.